The van der Waals surface area contributed by atoms with E-state index >= 15 is 0 Å². The van der Waals surface area contributed by atoms with Gasteiger partial charge in [0.2, 0.25) is 0 Å². The van der Waals surface area contributed by atoms with Crippen molar-refractivity contribution in [2.75, 3.05) is 7.05 Å². The SMILES string of the molecule is CNC(C)(C)c1nc2nccc(C)c2[nH]1. The van der Waals surface area contributed by atoms with Crippen LogP contribution in [0.5, 0.6) is 0 Å². The molecule has 4 heteroatoms. The summed E-state index contributed by atoms with van der Waals surface area (Å²) in [5.74, 6) is 0.918. The Morgan fingerprint density at radius 1 is 1.40 bits per heavy atom. The minimum atomic E-state index is -0.160. The number of nitrogens with zero attached hydrogens (tertiary/aromatic N) is 2. The molecule has 15 heavy (non-hydrogen) atoms. The van der Waals surface area contributed by atoms with Gasteiger partial charge in [-0.3, -0.25) is 0 Å². The van der Waals surface area contributed by atoms with Gasteiger partial charge in [0.05, 0.1) is 11.1 Å². The molecule has 0 amide bonds. The van der Waals surface area contributed by atoms with Gasteiger partial charge < -0.3 is 10.3 Å². The summed E-state index contributed by atoms with van der Waals surface area (Å²) in [6.07, 6.45) is 1.79. The Labute approximate surface area is 89.1 Å². The van der Waals surface area contributed by atoms with Crippen molar-refractivity contribution in [3.8, 4) is 0 Å². The summed E-state index contributed by atoms with van der Waals surface area (Å²) >= 11 is 0. The summed E-state index contributed by atoms with van der Waals surface area (Å²) in [6, 6.07) is 1.98. The van der Waals surface area contributed by atoms with Gasteiger partial charge in [0.15, 0.2) is 5.65 Å². The van der Waals surface area contributed by atoms with Crippen molar-refractivity contribution in [1.29, 1.82) is 0 Å². The highest BCUT2D eigenvalue weighted by molar-refractivity contribution is 5.74. The number of aromatic nitrogens is 3. The van der Waals surface area contributed by atoms with Crippen molar-refractivity contribution in [2.45, 2.75) is 26.3 Å². The minimum absolute atomic E-state index is 0.160. The molecule has 0 aromatic carbocycles. The van der Waals surface area contributed by atoms with Crippen molar-refractivity contribution >= 4 is 11.2 Å². The maximum Gasteiger partial charge on any atom is 0.178 e. The number of rotatable bonds is 2. The molecule has 2 aromatic heterocycles. The van der Waals surface area contributed by atoms with Crippen LogP contribution >= 0.6 is 0 Å². The molecule has 0 spiro atoms. The zero-order valence-electron chi connectivity index (χ0n) is 9.55. The quantitative estimate of drug-likeness (QED) is 0.783. The minimum Gasteiger partial charge on any atom is -0.339 e. The molecule has 0 aliphatic rings. The molecule has 0 aliphatic heterocycles. The maximum absolute atomic E-state index is 4.49. The topological polar surface area (TPSA) is 53.6 Å². The Morgan fingerprint density at radius 2 is 2.13 bits per heavy atom. The van der Waals surface area contributed by atoms with Crippen LogP contribution in [0.15, 0.2) is 12.3 Å². The second-order valence-corrected chi connectivity index (χ2v) is 4.29. The first-order chi connectivity index (χ1) is 7.04. The van der Waals surface area contributed by atoms with E-state index in [0.29, 0.717) is 0 Å². The molecule has 0 bridgehead atoms. The van der Waals surface area contributed by atoms with E-state index in [9.17, 15) is 0 Å². The Balaban J connectivity index is 2.62. The predicted molar refractivity (Wildman–Crippen MR) is 60.7 cm³/mol. The fourth-order valence-electron chi connectivity index (χ4n) is 1.45. The van der Waals surface area contributed by atoms with E-state index in [4.69, 9.17) is 0 Å². The summed E-state index contributed by atoms with van der Waals surface area (Å²) in [4.78, 5) is 12.0. The molecular weight excluding hydrogens is 188 g/mol. The number of aryl methyl sites for hydroxylation is 1. The van der Waals surface area contributed by atoms with Gasteiger partial charge in [0, 0.05) is 6.20 Å². The van der Waals surface area contributed by atoms with Gasteiger partial charge in [-0.15, -0.1) is 0 Å². The van der Waals surface area contributed by atoms with Crippen LogP contribution in [0.4, 0.5) is 0 Å². The van der Waals surface area contributed by atoms with Crippen molar-refractivity contribution < 1.29 is 0 Å². The molecule has 2 aromatic rings. The molecule has 0 atom stereocenters. The van der Waals surface area contributed by atoms with E-state index in [0.717, 1.165) is 17.0 Å². The highest BCUT2D eigenvalue weighted by Gasteiger charge is 2.22. The summed E-state index contributed by atoms with van der Waals surface area (Å²) < 4.78 is 0. The molecule has 4 nitrogen and oxygen atoms in total. The van der Waals surface area contributed by atoms with Gasteiger partial charge in [-0.2, -0.15) is 0 Å². The molecule has 80 valence electrons. The number of hydrogen-bond donors (Lipinski definition) is 2. The summed E-state index contributed by atoms with van der Waals surface area (Å²) in [5, 5.41) is 3.22. The number of fused-ring (bicyclic) bond motifs is 1. The van der Waals surface area contributed by atoms with Crippen LogP contribution in [0, 0.1) is 6.92 Å². The van der Waals surface area contributed by atoms with Crippen LogP contribution < -0.4 is 5.32 Å². The highest BCUT2D eigenvalue weighted by atomic mass is 15.1. The van der Waals surface area contributed by atoms with E-state index in [-0.39, 0.29) is 5.54 Å². The van der Waals surface area contributed by atoms with E-state index < -0.39 is 0 Å². The fourth-order valence-corrected chi connectivity index (χ4v) is 1.45. The summed E-state index contributed by atoms with van der Waals surface area (Å²) in [7, 11) is 1.92. The van der Waals surface area contributed by atoms with Crippen LogP contribution in [0.1, 0.15) is 25.2 Å². The average molecular weight is 204 g/mol. The molecule has 0 unspecified atom stereocenters. The van der Waals surface area contributed by atoms with E-state index in [1.165, 1.54) is 5.56 Å². The Bertz CT molecular complexity index is 484. The van der Waals surface area contributed by atoms with Gasteiger partial charge in [-0.05, 0) is 39.4 Å². The second-order valence-electron chi connectivity index (χ2n) is 4.29. The Hall–Kier alpha value is -1.42. The molecule has 0 radical (unpaired) electrons. The number of imidazole rings is 1. The van der Waals surface area contributed by atoms with Crippen LogP contribution in [0.3, 0.4) is 0 Å². The Kier molecular flexibility index (Phi) is 2.23. The number of nitrogens with one attached hydrogen (secondary N) is 2. The lowest BCUT2D eigenvalue weighted by molar-refractivity contribution is 0.421. The standard InChI is InChI=1S/C11H16N4/c1-7-5-6-13-9-8(7)14-10(15-9)11(2,3)12-4/h5-6,12H,1-4H3,(H,13,14,15). The lowest BCUT2D eigenvalue weighted by Crippen LogP contribution is -2.34. The highest BCUT2D eigenvalue weighted by Crippen LogP contribution is 2.20. The smallest absolute Gasteiger partial charge is 0.178 e. The molecule has 2 rings (SSSR count). The van der Waals surface area contributed by atoms with Gasteiger partial charge in [0.1, 0.15) is 5.82 Å². The van der Waals surface area contributed by atoms with Crippen LogP contribution in [-0.2, 0) is 5.54 Å². The van der Waals surface area contributed by atoms with Gasteiger partial charge in [-0.1, -0.05) is 0 Å². The second kappa shape index (κ2) is 3.31. The molecule has 0 saturated carbocycles. The molecule has 2 heterocycles. The first kappa shape index (κ1) is 10.1. The summed E-state index contributed by atoms with van der Waals surface area (Å²) in [6.45, 7) is 6.22. The number of hydrogen-bond acceptors (Lipinski definition) is 3. The molecule has 0 fully saturated rings. The monoisotopic (exact) mass is 204 g/mol. The van der Waals surface area contributed by atoms with Crippen molar-refractivity contribution in [1.82, 2.24) is 20.3 Å². The first-order valence-corrected chi connectivity index (χ1v) is 5.05. The molecular formula is C11H16N4. The molecule has 2 N–H and O–H groups in total. The van der Waals surface area contributed by atoms with E-state index in [2.05, 4.69) is 41.0 Å². The molecule has 0 saturated heterocycles. The normalized spacial score (nSPS) is 12.3. The zero-order chi connectivity index (χ0) is 11.1. The van der Waals surface area contributed by atoms with Crippen LogP contribution in [0.25, 0.3) is 11.2 Å². The van der Waals surface area contributed by atoms with Gasteiger partial charge >= 0.3 is 0 Å². The first-order valence-electron chi connectivity index (χ1n) is 5.05. The number of pyridine rings is 1. The lowest BCUT2D eigenvalue weighted by atomic mass is 10.1. The number of aromatic amines is 1. The zero-order valence-corrected chi connectivity index (χ0v) is 9.55. The van der Waals surface area contributed by atoms with Crippen LogP contribution in [-0.4, -0.2) is 22.0 Å². The predicted octanol–water partition coefficient (Wildman–Crippen LogP) is 1.72. The number of H-pyrrole nitrogens is 1. The van der Waals surface area contributed by atoms with Crippen molar-refractivity contribution in [3.63, 3.8) is 0 Å². The van der Waals surface area contributed by atoms with E-state index in [1.54, 1.807) is 6.20 Å². The third-order valence-electron chi connectivity index (χ3n) is 2.82. The van der Waals surface area contributed by atoms with Crippen LogP contribution in [0.2, 0.25) is 0 Å². The average Bonchev–Trinajstić information content (AvgIpc) is 2.64. The lowest BCUT2D eigenvalue weighted by Gasteiger charge is -2.20. The maximum atomic E-state index is 4.49. The van der Waals surface area contributed by atoms with Crippen molar-refractivity contribution in [3.05, 3.63) is 23.7 Å². The van der Waals surface area contributed by atoms with Gasteiger partial charge in [0.25, 0.3) is 0 Å². The van der Waals surface area contributed by atoms with Crippen molar-refractivity contribution in [2.24, 2.45) is 0 Å². The molecule has 0 aliphatic carbocycles. The van der Waals surface area contributed by atoms with E-state index in [1.807, 2.05) is 13.1 Å². The third-order valence-corrected chi connectivity index (χ3v) is 2.82. The fraction of sp³-hybridized carbons (Fsp3) is 0.455. The Morgan fingerprint density at radius 3 is 2.73 bits per heavy atom. The summed E-state index contributed by atoms with van der Waals surface area (Å²) in [5.41, 5.74) is 2.82. The third kappa shape index (κ3) is 1.61. The largest absolute Gasteiger partial charge is 0.339 e. The van der Waals surface area contributed by atoms with Gasteiger partial charge in [-0.25, -0.2) is 9.97 Å².